The van der Waals surface area contributed by atoms with E-state index in [4.69, 9.17) is 5.11 Å². The van der Waals surface area contributed by atoms with Crippen LogP contribution in [0.25, 0.3) is 5.69 Å². The molecule has 7 heteroatoms. The molecule has 1 atom stereocenters. The zero-order valence-corrected chi connectivity index (χ0v) is 13.4. The second-order valence-corrected chi connectivity index (χ2v) is 6.08. The maximum atomic E-state index is 12.0. The smallest absolute Gasteiger partial charge is 0.309 e. The van der Waals surface area contributed by atoms with Crippen LogP contribution in [0.4, 0.5) is 0 Å². The van der Waals surface area contributed by atoms with Crippen LogP contribution in [0.3, 0.4) is 0 Å². The number of amides is 1. The fourth-order valence-electron chi connectivity index (χ4n) is 2.03. The maximum Gasteiger partial charge on any atom is 0.309 e. The van der Waals surface area contributed by atoms with E-state index in [0.29, 0.717) is 5.69 Å². The van der Waals surface area contributed by atoms with Crippen LogP contribution in [0, 0.1) is 5.41 Å². The van der Waals surface area contributed by atoms with E-state index in [2.05, 4.69) is 15.6 Å². The predicted octanol–water partition coefficient (Wildman–Crippen LogP) is 1.95. The summed E-state index contributed by atoms with van der Waals surface area (Å²) in [7, 11) is 0. The van der Waals surface area contributed by atoms with Gasteiger partial charge < -0.3 is 10.4 Å². The molecule has 1 aromatic carbocycles. The van der Waals surface area contributed by atoms with Gasteiger partial charge in [0.2, 0.25) is 5.91 Å². The van der Waals surface area contributed by atoms with E-state index < -0.39 is 11.4 Å². The lowest BCUT2D eigenvalue weighted by atomic mass is 9.89. The molecule has 0 radical (unpaired) electrons. The first-order valence-corrected chi connectivity index (χ1v) is 7.30. The van der Waals surface area contributed by atoms with Gasteiger partial charge in [-0.05, 0) is 32.9 Å². The second kappa shape index (κ2) is 6.60. The van der Waals surface area contributed by atoms with Gasteiger partial charge >= 0.3 is 5.97 Å². The molecule has 0 saturated carbocycles. The van der Waals surface area contributed by atoms with Crippen molar-refractivity contribution in [2.75, 3.05) is 0 Å². The van der Waals surface area contributed by atoms with Gasteiger partial charge in [-0.3, -0.25) is 9.59 Å². The number of carbonyl (C=O) groups excluding carboxylic acids is 1. The van der Waals surface area contributed by atoms with Gasteiger partial charge in [0.1, 0.15) is 5.69 Å². The van der Waals surface area contributed by atoms with Gasteiger partial charge in [-0.15, -0.1) is 5.10 Å². The summed E-state index contributed by atoms with van der Waals surface area (Å²) in [6.45, 7) is 4.82. The van der Waals surface area contributed by atoms with Crippen molar-refractivity contribution in [2.45, 2.75) is 33.2 Å². The molecule has 0 aliphatic carbocycles. The Bertz CT molecular complexity index is 694. The molecule has 1 unspecified atom stereocenters. The minimum atomic E-state index is -1.11. The van der Waals surface area contributed by atoms with Gasteiger partial charge in [-0.2, -0.15) is 0 Å². The van der Waals surface area contributed by atoms with E-state index >= 15 is 0 Å². The van der Waals surface area contributed by atoms with Gasteiger partial charge in [0.05, 0.1) is 23.3 Å². The Morgan fingerprint density at radius 1 is 1.30 bits per heavy atom. The number of para-hydroxylation sites is 1. The number of benzene rings is 1. The summed E-state index contributed by atoms with van der Waals surface area (Å²) in [6, 6.07) is 9.15. The monoisotopic (exact) mass is 316 g/mol. The normalized spacial score (nSPS) is 12.7. The quantitative estimate of drug-likeness (QED) is 0.849. The molecule has 1 amide bonds. The van der Waals surface area contributed by atoms with E-state index in [1.165, 1.54) is 13.8 Å². The molecular formula is C16H20N4O3. The number of carboxylic acid groups (broad SMARTS) is 1. The summed E-state index contributed by atoms with van der Waals surface area (Å²) >= 11 is 0. The third-order valence-corrected chi connectivity index (χ3v) is 3.53. The van der Waals surface area contributed by atoms with Crippen molar-refractivity contribution in [3.05, 3.63) is 42.2 Å². The maximum absolute atomic E-state index is 12.0. The zero-order chi connectivity index (χ0) is 17.0. The Kier molecular flexibility index (Phi) is 4.78. The lowest BCUT2D eigenvalue weighted by molar-refractivity contribution is -0.149. The number of rotatable bonds is 6. The number of carbonyl (C=O) groups is 2. The van der Waals surface area contributed by atoms with Crippen LogP contribution in [-0.2, 0) is 9.59 Å². The summed E-state index contributed by atoms with van der Waals surface area (Å²) in [5.74, 6) is -1.34. The first-order chi connectivity index (χ1) is 10.8. The molecule has 0 saturated heterocycles. The van der Waals surface area contributed by atoms with Crippen molar-refractivity contribution in [1.29, 1.82) is 0 Å². The van der Waals surface area contributed by atoms with E-state index in [0.717, 1.165) is 5.69 Å². The first kappa shape index (κ1) is 16.7. The third-order valence-electron chi connectivity index (χ3n) is 3.53. The number of nitrogens with one attached hydrogen (secondary N) is 1. The van der Waals surface area contributed by atoms with E-state index in [1.54, 1.807) is 17.8 Å². The van der Waals surface area contributed by atoms with Crippen molar-refractivity contribution in [1.82, 2.24) is 20.3 Å². The Balaban J connectivity index is 2.02. The number of aromatic nitrogens is 3. The van der Waals surface area contributed by atoms with E-state index in [9.17, 15) is 9.59 Å². The summed E-state index contributed by atoms with van der Waals surface area (Å²) in [5.41, 5.74) is 0.373. The molecule has 122 valence electrons. The molecule has 2 rings (SSSR count). The van der Waals surface area contributed by atoms with Crippen molar-refractivity contribution >= 4 is 11.9 Å². The van der Waals surface area contributed by atoms with Crippen molar-refractivity contribution in [2.24, 2.45) is 5.41 Å². The van der Waals surface area contributed by atoms with Crippen LogP contribution in [0.2, 0.25) is 0 Å². The molecule has 2 N–H and O–H groups in total. The number of hydrogen-bond acceptors (Lipinski definition) is 4. The summed E-state index contributed by atoms with van der Waals surface area (Å²) in [4.78, 5) is 23.1. The Labute approximate surface area is 134 Å². The minimum absolute atomic E-state index is 0.0977. The third kappa shape index (κ3) is 4.15. The average molecular weight is 316 g/mol. The van der Waals surface area contributed by atoms with Crippen molar-refractivity contribution < 1.29 is 14.7 Å². The standard InChI is InChI=1S/C16H20N4O3/c1-11(17-14(21)9-16(2,3)15(22)23)13-10-20(19-18-13)12-7-5-4-6-8-12/h4-8,10-11H,9H2,1-3H3,(H,17,21)(H,22,23). The highest BCUT2D eigenvalue weighted by molar-refractivity contribution is 5.84. The topological polar surface area (TPSA) is 97.1 Å². The molecule has 0 aliphatic heterocycles. The molecule has 0 spiro atoms. The Morgan fingerprint density at radius 2 is 1.96 bits per heavy atom. The summed E-state index contributed by atoms with van der Waals surface area (Å²) in [6.07, 6.45) is 1.64. The van der Waals surface area contributed by atoms with Crippen LogP contribution in [-0.4, -0.2) is 32.0 Å². The second-order valence-electron chi connectivity index (χ2n) is 6.08. The number of hydrogen-bond donors (Lipinski definition) is 2. The molecular weight excluding hydrogens is 296 g/mol. The van der Waals surface area contributed by atoms with Gasteiger partial charge in [0, 0.05) is 6.42 Å². The lowest BCUT2D eigenvalue weighted by Gasteiger charge is -2.19. The van der Waals surface area contributed by atoms with Gasteiger partial charge in [0.15, 0.2) is 0 Å². The van der Waals surface area contributed by atoms with Crippen LogP contribution in [0.1, 0.15) is 38.9 Å². The zero-order valence-electron chi connectivity index (χ0n) is 13.4. The largest absolute Gasteiger partial charge is 0.481 e. The first-order valence-electron chi connectivity index (χ1n) is 7.30. The minimum Gasteiger partial charge on any atom is -0.481 e. The molecule has 23 heavy (non-hydrogen) atoms. The van der Waals surface area contributed by atoms with Gasteiger partial charge in [-0.1, -0.05) is 23.4 Å². The number of carboxylic acids is 1. The molecule has 2 aromatic rings. The molecule has 0 fully saturated rings. The molecule has 0 bridgehead atoms. The van der Waals surface area contributed by atoms with E-state index in [-0.39, 0.29) is 18.4 Å². The SMILES string of the molecule is CC(NC(=O)CC(C)(C)C(=O)O)c1cn(-c2ccccc2)nn1. The molecule has 0 aliphatic rings. The predicted molar refractivity (Wildman–Crippen MR) is 84.0 cm³/mol. The van der Waals surface area contributed by atoms with Crippen LogP contribution in [0.15, 0.2) is 36.5 Å². The van der Waals surface area contributed by atoms with Crippen LogP contribution < -0.4 is 5.32 Å². The van der Waals surface area contributed by atoms with Gasteiger partial charge in [-0.25, -0.2) is 4.68 Å². The molecule has 1 aromatic heterocycles. The Morgan fingerprint density at radius 3 is 2.57 bits per heavy atom. The number of nitrogens with zero attached hydrogens (tertiary/aromatic N) is 3. The van der Waals surface area contributed by atoms with Crippen LogP contribution >= 0.6 is 0 Å². The van der Waals surface area contributed by atoms with Crippen molar-refractivity contribution in [3.8, 4) is 5.69 Å². The summed E-state index contributed by atoms with van der Waals surface area (Å²) < 4.78 is 1.62. The highest BCUT2D eigenvalue weighted by Gasteiger charge is 2.30. The number of aliphatic carboxylic acids is 1. The fraction of sp³-hybridized carbons (Fsp3) is 0.375. The molecule has 1 heterocycles. The van der Waals surface area contributed by atoms with Crippen LogP contribution in [0.5, 0.6) is 0 Å². The van der Waals surface area contributed by atoms with Gasteiger partial charge in [0.25, 0.3) is 0 Å². The highest BCUT2D eigenvalue weighted by Crippen LogP contribution is 2.21. The highest BCUT2D eigenvalue weighted by atomic mass is 16.4. The lowest BCUT2D eigenvalue weighted by Crippen LogP contribution is -2.34. The fourth-order valence-corrected chi connectivity index (χ4v) is 2.03. The van der Waals surface area contributed by atoms with E-state index in [1.807, 2.05) is 30.3 Å². The summed E-state index contributed by atoms with van der Waals surface area (Å²) in [5, 5.41) is 19.9. The van der Waals surface area contributed by atoms with Crippen molar-refractivity contribution in [3.63, 3.8) is 0 Å². The molecule has 7 nitrogen and oxygen atoms in total. The Hall–Kier alpha value is -2.70. The average Bonchev–Trinajstić information content (AvgIpc) is 2.97.